The Morgan fingerprint density at radius 1 is 1.35 bits per heavy atom. The van der Waals surface area contributed by atoms with Crippen LogP contribution >= 0.6 is 0 Å². The van der Waals surface area contributed by atoms with E-state index < -0.39 is 0 Å². The van der Waals surface area contributed by atoms with Gasteiger partial charge in [-0.15, -0.1) is 0 Å². The van der Waals surface area contributed by atoms with Gasteiger partial charge in [0.25, 0.3) is 5.91 Å². The molecule has 2 heterocycles. The van der Waals surface area contributed by atoms with Crippen LogP contribution in [-0.4, -0.2) is 15.9 Å². The molecule has 0 fully saturated rings. The highest BCUT2D eigenvalue weighted by atomic mass is 16.1. The summed E-state index contributed by atoms with van der Waals surface area (Å²) in [6.07, 6.45) is 3.39. The highest BCUT2D eigenvalue weighted by molar-refractivity contribution is 6.04. The summed E-state index contributed by atoms with van der Waals surface area (Å²) in [5.74, 6) is 0.158. The van der Waals surface area contributed by atoms with Crippen molar-refractivity contribution in [2.24, 2.45) is 0 Å². The van der Waals surface area contributed by atoms with Gasteiger partial charge in [0.15, 0.2) is 0 Å². The third kappa shape index (κ3) is 3.54. The first-order valence-corrected chi connectivity index (χ1v) is 6.59. The SMILES string of the molecule is CCCc1cc(C(=O)Nc2ccc(C)nc2)cc(N)n1. The van der Waals surface area contributed by atoms with Crippen LogP contribution < -0.4 is 11.1 Å². The first-order valence-electron chi connectivity index (χ1n) is 6.59. The fourth-order valence-corrected chi connectivity index (χ4v) is 1.87. The van der Waals surface area contributed by atoms with Crippen molar-refractivity contribution >= 4 is 17.4 Å². The Morgan fingerprint density at radius 2 is 2.15 bits per heavy atom. The second-order valence-corrected chi connectivity index (χ2v) is 4.66. The number of nitrogens with one attached hydrogen (secondary N) is 1. The van der Waals surface area contributed by atoms with Crippen molar-refractivity contribution < 1.29 is 4.79 Å². The van der Waals surface area contributed by atoms with Crippen LogP contribution in [0.1, 0.15) is 35.1 Å². The summed E-state index contributed by atoms with van der Waals surface area (Å²) in [6.45, 7) is 3.95. The van der Waals surface area contributed by atoms with E-state index in [1.54, 1.807) is 18.3 Å². The lowest BCUT2D eigenvalue weighted by Crippen LogP contribution is -2.13. The molecule has 2 aromatic heterocycles. The molecule has 2 aromatic rings. The lowest BCUT2D eigenvalue weighted by Gasteiger charge is -2.07. The number of nitrogen functional groups attached to an aromatic ring is 1. The van der Waals surface area contributed by atoms with Crippen LogP contribution in [0.15, 0.2) is 30.5 Å². The van der Waals surface area contributed by atoms with Crippen molar-refractivity contribution in [3.05, 3.63) is 47.4 Å². The number of aromatic nitrogens is 2. The van der Waals surface area contributed by atoms with Gasteiger partial charge in [-0.2, -0.15) is 0 Å². The number of amides is 1. The molecule has 0 bridgehead atoms. The van der Waals surface area contributed by atoms with Gasteiger partial charge in [0.1, 0.15) is 5.82 Å². The van der Waals surface area contributed by atoms with E-state index in [0.29, 0.717) is 17.1 Å². The Labute approximate surface area is 118 Å². The normalized spacial score (nSPS) is 10.3. The van der Waals surface area contributed by atoms with Gasteiger partial charge in [-0.1, -0.05) is 13.3 Å². The van der Waals surface area contributed by atoms with Crippen LogP contribution in [0.3, 0.4) is 0 Å². The topological polar surface area (TPSA) is 80.9 Å². The third-order valence-electron chi connectivity index (χ3n) is 2.84. The molecule has 104 valence electrons. The maximum Gasteiger partial charge on any atom is 0.255 e. The van der Waals surface area contributed by atoms with Crippen LogP contribution in [0.5, 0.6) is 0 Å². The minimum absolute atomic E-state index is 0.206. The highest BCUT2D eigenvalue weighted by Crippen LogP contribution is 2.13. The van der Waals surface area contributed by atoms with Crippen LogP contribution in [0, 0.1) is 6.92 Å². The second kappa shape index (κ2) is 6.14. The fourth-order valence-electron chi connectivity index (χ4n) is 1.87. The summed E-state index contributed by atoms with van der Waals surface area (Å²) in [5, 5.41) is 2.80. The van der Waals surface area contributed by atoms with Crippen molar-refractivity contribution in [3.63, 3.8) is 0 Å². The van der Waals surface area contributed by atoms with Gasteiger partial charge in [-0.05, 0) is 37.6 Å². The van der Waals surface area contributed by atoms with Crippen molar-refractivity contribution in [1.29, 1.82) is 0 Å². The molecule has 5 heteroatoms. The molecule has 0 saturated carbocycles. The number of anilines is 2. The minimum Gasteiger partial charge on any atom is -0.384 e. The summed E-state index contributed by atoms with van der Waals surface area (Å²) >= 11 is 0. The average molecular weight is 270 g/mol. The average Bonchev–Trinajstić information content (AvgIpc) is 2.41. The summed E-state index contributed by atoms with van der Waals surface area (Å²) in [7, 11) is 0. The Kier molecular flexibility index (Phi) is 4.30. The zero-order chi connectivity index (χ0) is 14.5. The molecule has 2 rings (SSSR count). The second-order valence-electron chi connectivity index (χ2n) is 4.66. The fraction of sp³-hybridized carbons (Fsp3) is 0.267. The van der Waals surface area contributed by atoms with Crippen molar-refractivity contribution in [3.8, 4) is 0 Å². The maximum absolute atomic E-state index is 12.2. The molecule has 5 nitrogen and oxygen atoms in total. The summed E-state index contributed by atoms with van der Waals surface area (Å²) in [4.78, 5) is 20.5. The number of rotatable bonds is 4. The molecule has 0 spiro atoms. The van der Waals surface area contributed by atoms with Crippen LogP contribution in [-0.2, 0) is 6.42 Å². The van der Waals surface area contributed by atoms with Crippen molar-refractivity contribution in [2.75, 3.05) is 11.1 Å². The molecule has 20 heavy (non-hydrogen) atoms. The first-order chi connectivity index (χ1) is 9.58. The van der Waals surface area contributed by atoms with Gasteiger partial charge in [-0.3, -0.25) is 9.78 Å². The molecular formula is C15H18N4O. The van der Waals surface area contributed by atoms with Crippen LogP contribution in [0.4, 0.5) is 11.5 Å². The molecule has 0 unspecified atom stereocenters. The number of carbonyl (C=O) groups is 1. The number of nitrogens with zero attached hydrogens (tertiary/aromatic N) is 2. The quantitative estimate of drug-likeness (QED) is 0.894. The zero-order valence-electron chi connectivity index (χ0n) is 11.7. The molecule has 0 aliphatic rings. The third-order valence-corrected chi connectivity index (χ3v) is 2.84. The molecule has 0 atom stereocenters. The summed E-state index contributed by atoms with van der Waals surface area (Å²) < 4.78 is 0. The van der Waals surface area contributed by atoms with E-state index >= 15 is 0 Å². The van der Waals surface area contributed by atoms with E-state index in [9.17, 15) is 4.79 Å². The van der Waals surface area contributed by atoms with Gasteiger partial charge in [0, 0.05) is 17.0 Å². The number of carbonyl (C=O) groups excluding carboxylic acids is 1. The van der Waals surface area contributed by atoms with Gasteiger partial charge in [0.2, 0.25) is 0 Å². The summed E-state index contributed by atoms with van der Waals surface area (Å²) in [5.41, 5.74) is 8.65. The molecule has 3 N–H and O–H groups in total. The number of pyridine rings is 2. The van der Waals surface area contributed by atoms with Crippen molar-refractivity contribution in [1.82, 2.24) is 9.97 Å². The monoisotopic (exact) mass is 270 g/mol. The van der Waals surface area contributed by atoms with E-state index in [-0.39, 0.29) is 5.91 Å². The van der Waals surface area contributed by atoms with E-state index in [1.807, 2.05) is 19.1 Å². The maximum atomic E-state index is 12.2. The smallest absolute Gasteiger partial charge is 0.255 e. The van der Waals surface area contributed by atoms with E-state index in [1.165, 1.54) is 0 Å². The molecular weight excluding hydrogens is 252 g/mol. The standard InChI is InChI=1S/C15H18N4O/c1-3-4-12-7-11(8-14(16)18-12)15(20)19-13-6-5-10(2)17-9-13/h5-9H,3-4H2,1-2H3,(H2,16,18)(H,19,20). The number of hydrogen-bond acceptors (Lipinski definition) is 4. The van der Waals surface area contributed by atoms with E-state index in [2.05, 4.69) is 22.2 Å². The van der Waals surface area contributed by atoms with Crippen LogP contribution in [0.25, 0.3) is 0 Å². The molecule has 0 saturated heterocycles. The molecule has 0 aromatic carbocycles. The van der Waals surface area contributed by atoms with E-state index in [0.717, 1.165) is 24.2 Å². The predicted octanol–water partition coefficient (Wildman–Crippen LogP) is 2.57. The highest BCUT2D eigenvalue weighted by Gasteiger charge is 2.09. The zero-order valence-corrected chi connectivity index (χ0v) is 11.7. The Balaban J connectivity index is 2.18. The molecule has 0 aliphatic carbocycles. The number of hydrogen-bond donors (Lipinski definition) is 2. The minimum atomic E-state index is -0.206. The Morgan fingerprint density at radius 3 is 2.80 bits per heavy atom. The van der Waals surface area contributed by atoms with E-state index in [4.69, 9.17) is 5.73 Å². The Bertz CT molecular complexity index is 608. The lowest BCUT2D eigenvalue weighted by atomic mass is 10.1. The first kappa shape index (κ1) is 14.0. The lowest BCUT2D eigenvalue weighted by molar-refractivity contribution is 0.102. The number of nitrogens with two attached hydrogens (primary N) is 1. The molecule has 0 radical (unpaired) electrons. The predicted molar refractivity (Wildman–Crippen MR) is 79.6 cm³/mol. The largest absolute Gasteiger partial charge is 0.384 e. The Hall–Kier alpha value is -2.43. The van der Waals surface area contributed by atoms with Crippen molar-refractivity contribution in [2.45, 2.75) is 26.7 Å². The van der Waals surface area contributed by atoms with Gasteiger partial charge < -0.3 is 11.1 Å². The van der Waals surface area contributed by atoms with Gasteiger partial charge in [-0.25, -0.2) is 4.98 Å². The molecule has 1 amide bonds. The number of aryl methyl sites for hydroxylation is 2. The van der Waals surface area contributed by atoms with Gasteiger partial charge in [0.05, 0.1) is 11.9 Å². The molecule has 0 aliphatic heterocycles. The summed E-state index contributed by atoms with van der Waals surface area (Å²) in [6, 6.07) is 7.02. The van der Waals surface area contributed by atoms with Crippen LogP contribution in [0.2, 0.25) is 0 Å². The van der Waals surface area contributed by atoms with Gasteiger partial charge >= 0.3 is 0 Å².